The number of hydrazine groups is 1. The highest BCUT2D eigenvalue weighted by molar-refractivity contribution is 6.30. The summed E-state index contributed by atoms with van der Waals surface area (Å²) in [5, 5.41) is 11.7. The monoisotopic (exact) mass is 659 g/mol. The van der Waals surface area contributed by atoms with Gasteiger partial charge in [0.05, 0.1) is 5.41 Å². The van der Waals surface area contributed by atoms with Gasteiger partial charge < -0.3 is 15.4 Å². The minimum atomic E-state index is -1.57. The fourth-order valence-electron chi connectivity index (χ4n) is 7.11. The fourth-order valence-corrected chi connectivity index (χ4v) is 7.23. The number of carbonyl (C=O) groups excluding carboxylic acids is 4. The summed E-state index contributed by atoms with van der Waals surface area (Å²) in [6.07, 6.45) is 7.96. The molecular weight excluding hydrogens is 606 g/mol. The minimum Gasteiger partial charge on any atom is -0.458 e. The van der Waals surface area contributed by atoms with Crippen molar-refractivity contribution < 1.29 is 23.9 Å². The van der Waals surface area contributed by atoms with Gasteiger partial charge in [0.25, 0.3) is 11.8 Å². The summed E-state index contributed by atoms with van der Waals surface area (Å²) in [5.41, 5.74) is 0.695. The van der Waals surface area contributed by atoms with Crippen LogP contribution in [0.1, 0.15) is 105 Å². The Bertz CT molecular complexity index is 1240. The first-order chi connectivity index (χ1) is 21.5. The predicted octanol–water partition coefficient (Wildman–Crippen LogP) is 4.44. The van der Waals surface area contributed by atoms with E-state index in [0.29, 0.717) is 49.8 Å². The van der Waals surface area contributed by atoms with Gasteiger partial charge in [0, 0.05) is 30.1 Å². The van der Waals surface area contributed by atoms with Gasteiger partial charge in [-0.2, -0.15) is 0 Å². The Kier molecular flexibility index (Phi) is 11.5. The van der Waals surface area contributed by atoms with Crippen LogP contribution < -0.4 is 21.4 Å². The summed E-state index contributed by atoms with van der Waals surface area (Å²) >= 11 is 6.11. The third-order valence-corrected chi connectivity index (χ3v) is 9.77. The number of piperidine rings is 1. The number of nitrogens with one attached hydrogen (secondary N) is 4. The first kappa shape index (κ1) is 36.2. The van der Waals surface area contributed by atoms with Crippen molar-refractivity contribution in [2.75, 3.05) is 19.6 Å². The van der Waals surface area contributed by atoms with E-state index in [1.54, 1.807) is 32.9 Å². The first-order valence-electron chi connectivity index (χ1n) is 16.9. The fraction of sp³-hybridized carbons (Fsp3) is 0.714. The average molecular weight is 660 g/mol. The molecule has 256 valence electrons. The molecule has 11 heteroatoms. The lowest BCUT2D eigenvalue weighted by Crippen LogP contribution is -2.65. The number of halogens is 1. The lowest BCUT2D eigenvalue weighted by Gasteiger charge is -2.47. The van der Waals surface area contributed by atoms with Crippen LogP contribution >= 0.6 is 11.6 Å². The SMILES string of the molecule is CC(C)(C)NC(=O)C1(C2CCCCC2)CCN(NC(=O)[C@@H](Cc2ccc(Cl)cc2)NC(=O)[C@@]2(C(=O)OC(C)(C)C)CCCN2)CC1. The summed E-state index contributed by atoms with van der Waals surface area (Å²) < 4.78 is 5.64. The minimum absolute atomic E-state index is 0.113. The molecule has 0 spiro atoms. The number of benzene rings is 1. The Balaban J connectivity index is 1.50. The van der Waals surface area contributed by atoms with E-state index in [-0.39, 0.29) is 30.2 Å². The maximum absolute atomic E-state index is 13.9. The van der Waals surface area contributed by atoms with Crippen LogP contribution in [0.5, 0.6) is 0 Å². The zero-order valence-electron chi connectivity index (χ0n) is 28.5. The van der Waals surface area contributed by atoms with Crippen molar-refractivity contribution in [3.05, 3.63) is 34.9 Å². The van der Waals surface area contributed by atoms with Crippen molar-refractivity contribution in [2.24, 2.45) is 11.3 Å². The van der Waals surface area contributed by atoms with Gasteiger partial charge in [-0.3, -0.25) is 25.1 Å². The number of amides is 3. The van der Waals surface area contributed by atoms with Crippen molar-refractivity contribution in [2.45, 2.75) is 128 Å². The molecule has 2 heterocycles. The summed E-state index contributed by atoms with van der Waals surface area (Å²) in [5.74, 6) is -1.18. The molecule has 1 aromatic carbocycles. The van der Waals surface area contributed by atoms with Gasteiger partial charge >= 0.3 is 5.97 Å². The molecule has 0 unspecified atom stereocenters. The van der Waals surface area contributed by atoms with Gasteiger partial charge in [-0.15, -0.1) is 0 Å². The van der Waals surface area contributed by atoms with Crippen molar-refractivity contribution in [3.8, 4) is 0 Å². The van der Waals surface area contributed by atoms with E-state index in [4.69, 9.17) is 16.3 Å². The maximum atomic E-state index is 13.9. The van der Waals surface area contributed by atoms with Crippen molar-refractivity contribution in [1.82, 2.24) is 26.4 Å². The first-order valence-corrected chi connectivity index (χ1v) is 17.3. The third-order valence-electron chi connectivity index (χ3n) is 9.52. The average Bonchev–Trinajstić information content (AvgIpc) is 3.49. The topological polar surface area (TPSA) is 129 Å². The van der Waals surface area contributed by atoms with Gasteiger partial charge in [-0.1, -0.05) is 43.0 Å². The molecule has 3 aliphatic rings. The molecule has 0 bridgehead atoms. The molecule has 1 aliphatic carbocycles. The predicted molar refractivity (Wildman–Crippen MR) is 179 cm³/mol. The molecule has 0 radical (unpaired) electrons. The molecule has 46 heavy (non-hydrogen) atoms. The van der Waals surface area contributed by atoms with E-state index < -0.39 is 34.5 Å². The van der Waals surface area contributed by atoms with Crippen LogP contribution in [0.2, 0.25) is 5.02 Å². The second-order valence-electron chi connectivity index (χ2n) is 15.5. The van der Waals surface area contributed by atoms with E-state index in [9.17, 15) is 19.2 Å². The van der Waals surface area contributed by atoms with Crippen molar-refractivity contribution in [1.29, 1.82) is 0 Å². The lowest BCUT2D eigenvalue weighted by atomic mass is 9.63. The molecule has 4 rings (SSSR count). The van der Waals surface area contributed by atoms with Gasteiger partial charge in [-0.25, -0.2) is 9.80 Å². The number of hydrogen-bond acceptors (Lipinski definition) is 7. The Morgan fingerprint density at radius 2 is 1.57 bits per heavy atom. The van der Waals surface area contributed by atoms with E-state index in [1.165, 1.54) is 6.42 Å². The Hall–Kier alpha value is -2.69. The smallest absolute Gasteiger partial charge is 0.336 e. The van der Waals surface area contributed by atoms with Crippen LogP contribution in [0.4, 0.5) is 0 Å². The van der Waals surface area contributed by atoms with E-state index in [1.807, 2.05) is 37.9 Å². The number of nitrogens with zero attached hydrogens (tertiary/aromatic N) is 1. The summed E-state index contributed by atoms with van der Waals surface area (Å²) in [6, 6.07) is 6.16. The zero-order chi connectivity index (χ0) is 33.8. The Morgan fingerprint density at radius 3 is 2.11 bits per heavy atom. The number of hydrogen-bond donors (Lipinski definition) is 4. The molecule has 3 amide bonds. The van der Waals surface area contributed by atoms with E-state index in [0.717, 1.165) is 31.2 Å². The van der Waals surface area contributed by atoms with Crippen LogP contribution in [0.15, 0.2) is 24.3 Å². The Labute approximate surface area is 279 Å². The molecule has 10 nitrogen and oxygen atoms in total. The van der Waals surface area contributed by atoms with Crippen LogP contribution in [-0.2, 0) is 30.3 Å². The van der Waals surface area contributed by atoms with Crippen molar-refractivity contribution in [3.63, 3.8) is 0 Å². The van der Waals surface area contributed by atoms with E-state index in [2.05, 4.69) is 21.4 Å². The molecule has 4 N–H and O–H groups in total. The highest BCUT2D eigenvalue weighted by atomic mass is 35.5. The molecule has 1 saturated carbocycles. The largest absolute Gasteiger partial charge is 0.458 e. The van der Waals surface area contributed by atoms with Gasteiger partial charge in [0.1, 0.15) is 11.6 Å². The summed E-state index contributed by atoms with van der Waals surface area (Å²) in [7, 11) is 0. The Morgan fingerprint density at radius 1 is 0.935 bits per heavy atom. The highest BCUT2D eigenvalue weighted by Gasteiger charge is 2.52. The summed E-state index contributed by atoms with van der Waals surface area (Å²) in [6.45, 7) is 12.8. The highest BCUT2D eigenvalue weighted by Crippen LogP contribution is 2.46. The number of ether oxygens (including phenoxy) is 1. The van der Waals surface area contributed by atoms with Crippen LogP contribution in [0.25, 0.3) is 0 Å². The molecule has 2 saturated heterocycles. The maximum Gasteiger partial charge on any atom is 0.336 e. The molecule has 2 atom stereocenters. The van der Waals surface area contributed by atoms with Crippen LogP contribution in [0, 0.1) is 11.3 Å². The second kappa shape index (κ2) is 14.6. The second-order valence-corrected chi connectivity index (χ2v) is 15.9. The third kappa shape index (κ3) is 9.01. The normalized spacial score (nSPS) is 23.3. The van der Waals surface area contributed by atoms with Gasteiger partial charge in [0.15, 0.2) is 5.54 Å². The number of esters is 1. The number of carbonyl (C=O) groups is 4. The van der Waals surface area contributed by atoms with E-state index >= 15 is 0 Å². The molecule has 0 aromatic heterocycles. The quantitative estimate of drug-likeness (QED) is 0.228. The molecule has 3 fully saturated rings. The lowest BCUT2D eigenvalue weighted by molar-refractivity contribution is -0.166. The van der Waals surface area contributed by atoms with Gasteiger partial charge in [0.2, 0.25) is 5.91 Å². The van der Waals surface area contributed by atoms with Gasteiger partial charge in [-0.05, 0) is 110 Å². The van der Waals surface area contributed by atoms with Crippen LogP contribution in [0.3, 0.4) is 0 Å². The number of rotatable bonds is 9. The van der Waals surface area contributed by atoms with Crippen molar-refractivity contribution >= 4 is 35.3 Å². The standard InChI is InChI=1S/C35H54ClN5O5/c1-32(2,3)39-29(43)34(25-11-8-7-9-12-25)18-21-41(22-19-34)40-28(42)27(23-24-13-15-26(36)16-14-24)38-30(44)35(17-10-20-37-35)31(45)46-33(4,5)6/h13-16,25,27,37H,7-12,17-23H2,1-6H3,(H,38,44)(H,39,43)(H,40,42)/t27-,35-/m1/s1. The molecule has 1 aromatic rings. The van der Waals surface area contributed by atoms with Crippen LogP contribution in [-0.4, -0.2) is 71.1 Å². The molecule has 2 aliphatic heterocycles. The summed E-state index contributed by atoms with van der Waals surface area (Å²) in [4.78, 5) is 54.9. The molecular formula is C35H54ClN5O5. The zero-order valence-corrected chi connectivity index (χ0v) is 29.3.